The zero-order valence-electron chi connectivity index (χ0n) is 13.8. The minimum Gasteiger partial charge on any atom is -0.395 e. The van der Waals surface area contributed by atoms with Gasteiger partial charge in [0.05, 0.1) is 30.5 Å². The van der Waals surface area contributed by atoms with Gasteiger partial charge in [0, 0.05) is 19.6 Å². The number of nitrogens with zero attached hydrogens (tertiary/aromatic N) is 4. The minimum absolute atomic E-state index is 0.0227. The van der Waals surface area contributed by atoms with Crippen LogP contribution in [0.2, 0.25) is 15.6 Å². The number of aliphatic hydroxyl groups excluding tert-OH is 3. The van der Waals surface area contributed by atoms with Gasteiger partial charge in [-0.3, -0.25) is 4.90 Å². The van der Waals surface area contributed by atoms with E-state index in [0.717, 1.165) is 0 Å². The van der Waals surface area contributed by atoms with E-state index in [1.165, 1.54) is 0 Å². The molecule has 0 radical (unpaired) electrons. The van der Waals surface area contributed by atoms with Crippen LogP contribution < -0.4 is 5.32 Å². The molecule has 1 heterocycles. The van der Waals surface area contributed by atoms with Gasteiger partial charge in [-0.25, -0.2) is 0 Å². The minimum atomic E-state index is 0.0227. The fourth-order valence-corrected chi connectivity index (χ4v) is 2.37. The Balaban J connectivity index is 0.000000294. The van der Waals surface area contributed by atoms with Crippen molar-refractivity contribution in [2.75, 3.05) is 44.8 Å². The van der Waals surface area contributed by atoms with Gasteiger partial charge >= 0.3 is 0 Å². The van der Waals surface area contributed by atoms with Crippen LogP contribution in [0.3, 0.4) is 0 Å². The van der Waals surface area contributed by atoms with E-state index in [0.29, 0.717) is 30.3 Å². The SMILES string of the molecule is Clc1nc(Cl)nc(Nc2ccccc2Cl)n1.OCCN(CCO)CCO. The van der Waals surface area contributed by atoms with Gasteiger partial charge in [-0.1, -0.05) is 23.7 Å². The van der Waals surface area contributed by atoms with Gasteiger partial charge in [-0.05, 0) is 35.3 Å². The average molecular weight is 425 g/mol. The molecule has 0 bridgehead atoms. The van der Waals surface area contributed by atoms with Gasteiger partial charge in [0.1, 0.15) is 0 Å². The molecule has 0 atom stereocenters. The maximum Gasteiger partial charge on any atom is 0.232 e. The number of benzene rings is 1. The van der Waals surface area contributed by atoms with E-state index in [4.69, 9.17) is 50.1 Å². The number of aliphatic hydroxyl groups is 3. The largest absolute Gasteiger partial charge is 0.395 e. The van der Waals surface area contributed by atoms with Crippen LogP contribution in [0, 0.1) is 0 Å². The first-order valence-corrected chi connectivity index (χ1v) is 8.77. The van der Waals surface area contributed by atoms with E-state index < -0.39 is 0 Å². The Morgan fingerprint density at radius 3 is 1.77 bits per heavy atom. The first-order valence-electron chi connectivity index (χ1n) is 7.63. The molecule has 11 heteroatoms. The summed E-state index contributed by atoms with van der Waals surface area (Å²) in [7, 11) is 0. The lowest BCUT2D eigenvalue weighted by Gasteiger charge is -2.17. The molecule has 0 aliphatic rings. The Morgan fingerprint density at radius 2 is 1.31 bits per heavy atom. The second-order valence-corrected chi connectivity index (χ2v) is 5.90. The van der Waals surface area contributed by atoms with Gasteiger partial charge in [-0.2, -0.15) is 15.0 Å². The topological polar surface area (TPSA) is 115 Å². The first-order chi connectivity index (χ1) is 12.5. The quantitative estimate of drug-likeness (QED) is 0.507. The smallest absolute Gasteiger partial charge is 0.232 e. The predicted molar refractivity (Wildman–Crippen MR) is 102 cm³/mol. The summed E-state index contributed by atoms with van der Waals surface area (Å²) in [5.74, 6) is 0.248. The third kappa shape index (κ3) is 8.91. The third-order valence-electron chi connectivity index (χ3n) is 2.95. The molecule has 0 fully saturated rings. The van der Waals surface area contributed by atoms with Crippen LogP contribution >= 0.6 is 34.8 Å². The number of hydrogen-bond acceptors (Lipinski definition) is 8. The highest BCUT2D eigenvalue weighted by Gasteiger charge is 2.05. The van der Waals surface area contributed by atoms with Crippen molar-refractivity contribution < 1.29 is 15.3 Å². The fraction of sp³-hybridized carbons (Fsp3) is 0.400. The molecule has 8 nitrogen and oxygen atoms in total. The molecular formula is C15H20Cl3N5O3. The molecule has 2 aromatic rings. The van der Waals surface area contributed by atoms with E-state index in [1.54, 1.807) is 17.0 Å². The summed E-state index contributed by atoms with van der Waals surface area (Å²) in [6.07, 6.45) is 0. The molecule has 144 valence electrons. The van der Waals surface area contributed by atoms with Crippen LogP contribution in [0.5, 0.6) is 0 Å². The molecule has 1 aromatic carbocycles. The Kier molecular flexibility index (Phi) is 11.4. The lowest BCUT2D eigenvalue weighted by molar-refractivity contribution is 0.136. The summed E-state index contributed by atoms with van der Waals surface area (Å²) in [4.78, 5) is 13.1. The first kappa shape index (κ1) is 22.8. The Hall–Kier alpha value is -1.26. The summed E-state index contributed by atoms with van der Waals surface area (Å²) in [5.41, 5.74) is 0.669. The van der Waals surface area contributed by atoms with Crippen LogP contribution in [-0.4, -0.2) is 74.6 Å². The summed E-state index contributed by atoms with van der Waals surface area (Å²) in [6, 6.07) is 7.18. The Bertz CT molecular complexity index is 632. The van der Waals surface area contributed by atoms with Gasteiger partial charge in [0.2, 0.25) is 16.5 Å². The molecule has 0 saturated heterocycles. The molecule has 2 rings (SSSR count). The Morgan fingerprint density at radius 1 is 0.808 bits per heavy atom. The molecule has 0 saturated carbocycles. The second-order valence-electron chi connectivity index (χ2n) is 4.81. The van der Waals surface area contributed by atoms with Crippen molar-refractivity contribution in [3.63, 3.8) is 0 Å². The number of hydrogen-bond donors (Lipinski definition) is 4. The molecular weight excluding hydrogens is 405 g/mol. The molecule has 0 unspecified atom stereocenters. The molecule has 0 aliphatic heterocycles. The normalized spacial score (nSPS) is 10.4. The lowest BCUT2D eigenvalue weighted by atomic mass is 10.3. The summed E-state index contributed by atoms with van der Waals surface area (Å²) in [6.45, 7) is 1.75. The van der Waals surface area contributed by atoms with Crippen LogP contribution in [0.25, 0.3) is 0 Å². The molecule has 0 amide bonds. The van der Waals surface area contributed by atoms with Crippen molar-refractivity contribution in [1.82, 2.24) is 19.9 Å². The van der Waals surface area contributed by atoms with Gasteiger partial charge in [-0.15, -0.1) is 0 Å². The van der Waals surface area contributed by atoms with Crippen molar-refractivity contribution >= 4 is 46.4 Å². The highest BCUT2D eigenvalue weighted by molar-refractivity contribution is 6.33. The van der Waals surface area contributed by atoms with Crippen LogP contribution in [0.4, 0.5) is 11.6 Å². The van der Waals surface area contributed by atoms with Crippen molar-refractivity contribution in [2.45, 2.75) is 0 Å². The second kappa shape index (κ2) is 13.0. The highest BCUT2D eigenvalue weighted by atomic mass is 35.5. The highest BCUT2D eigenvalue weighted by Crippen LogP contribution is 2.23. The fourth-order valence-electron chi connectivity index (χ4n) is 1.82. The van der Waals surface area contributed by atoms with Gasteiger partial charge in [0.25, 0.3) is 0 Å². The number of rotatable bonds is 8. The molecule has 4 N–H and O–H groups in total. The number of anilines is 2. The number of para-hydroxylation sites is 1. The number of nitrogens with one attached hydrogen (secondary N) is 1. The van der Waals surface area contributed by atoms with Crippen molar-refractivity contribution in [1.29, 1.82) is 0 Å². The van der Waals surface area contributed by atoms with Crippen molar-refractivity contribution in [2.24, 2.45) is 0 Å². The van der Waals surface area contributed by atoms with Crippen molar-refractivity contribution in [3.05, 3.63) is 39.9 Å². The van der Waals surface area contributed by atoms with E-state index in [-0.39, 0.29) is 36.3 Å². The van der Waals surface area contributed by atoms with E-state index in [2.05, 4.69) is 20.3 Å². The molecule has 0 aliphatic carbocycles. The summed E-state index contributed by atoms with van der Waals surface area (Å²) >= 11 is 17.2. The summed E-state index contributed by atoms with van der Waals surface area (Å²) < 4.78 is 0. The van der Waals surface area contributed by atoms with E-state index >= 15 is 0 Å². The Labute approximate surface area is 166 Å². The average Bonchev–Trinajstić information content (AvgIpc) is 2.57. The zero-order valence-corrected chi connectivity index (χ0v) is 16.1. The van der Waals surface area contributed by atoms with Crippen LogP contribution in [0.1, 0.15) is 0 Å². The number of aromatic nitrogens is 3. The summed E-state index contributed by atoms with van der Waals surface area (Å²) in [5, 5.41) is 28.9. The lowest BCUT2D eigenvalue weighted by Crippen LogP contribution is -2.32. The zero-order chi connectivity index (χ0) is 19.4. The van der Waals surface area contributed by atoms with Crippen molar-refractivity contribution in [3.8, 4) is 0 Å². The van der Waals surface area contributed by atoms with Crippen LogP contribution in [-0.2, 0) is 0 Å². The van der Waals surface area contributed by atoms with E-state index in [1.807, 2.05) is 12.1 Å². The predicted octanol–water partition coefficient (Wildman–Crippen LogP) is 1.84. The maximum absolute atomic E-state index is 8.48. The maximum atomic E-state index is 8.48. The molecule has 0 spiro atoms. The molecule has 26 heavy (non-hydrogen) atoms. The van der Waals surface area contributed by atoms with Gasteiger partial charge < -0.3 is 20.6 Å². The third-order valence-corrected chi connectivity index (χ3v) is 3.62. The van der Waals surface area contributed by atoms with E-state index in [9.17, 15) is 0 Å². The van der Waals surface area contributed by atoms with Gasteiger partial charge in [0.15, 0.2) is 0 Å². The monoisotopic (exact) mass is 423 g/mol. The molecule has 1 aromatic heterocycles. The van der Waals surface area contributed by atoms with Crippen LogP contribution in [0.15, 0.2) is 24.3 Å². The number of halogens is 3. The standard InChI is InChI=1S/C9H5Cl3N4.C6H15NO3/c10-5-3-1-2-4-6(5)13-9-15-7(11)14-8(12)16-9;8-4-1-7(2-5-9)3-6-10/h1-4H,(H,13,14,15,16);8-10H,1-6H2.